The summed E-state index contributed by atoms with van der Waals surface area (Å²) in [4.78, 5) is 25.2. The van der Waals surface area contributed by atoms with Crippen molar-refractivity contribution >= 4 is 11.9 Å². The first-order chi connectivity index (χ1) is 9.05. The number of hydrogen-bond acceptors (Lipinski definition) is 3. The summed E-state index contributed by atoms with van der Waals surface area (Å²) in [6, 6.07) is 0. The Morgan fingerprint density at radius 3 is 2.32 bits per heavy atom. The third-order valence-corrected chi connectivity index (χ3v) is 3.96. The Hall–Kier alpha value is -1.10. The molecular weight excluding hydrogens is 244 g/mol. The van der Waals surface area contributed by atoms with Crippen LogP contribution in [0.2, 0.25) is 0 Å². The van der Waals surface area contributed by atoms with E-state index in [1.54, 1.807) is 4.90 Å². The Morgan fingerprint density at radius 2 is 1.84 bits per heavy atom. The lowest BCUT2D eigenvalue weighted by atomic mass is 9.75. The summed E-state index contributed by atoms with van der Waals surface area (Å²) in [6.45, 7) is 6.41. The topological polar surface area (TPSA) is 69.6 Å². The van der Waals surface area contributed by atoms with Crippen LogP contribution in [0.4, 0.5) is 0 Å². The molecular formula is C14H26N2O3. The number of nitrogens with one attached hydrogen (secondary N) is 1. The van der Waals surface area contributed by atoms with Crippen LogP contribution in [0.15, 0.2) is 0 Å². The van der Waals surface area contributed by atoms with E-state index in [-0.39, 0.29) is 5.91 Å². The van der Waals surface area contributed by atoms with Gasteiger partial charge in [-0.1, -0.05) is 20.3 Å². The third kappa shape index (κ3) is 4.20. The molecule has 1 rings (SSSR count). The lowest BCUT2D eigenvalue weighted by molar-refractivity contribution is -0.154. The lowest BCUT2D eigenvalue weighted by Gasteiger charge is -2.38. The molecule has 0 spiro atoms. The van der Waals surface area contributed by atoms with Gasteiger partial charge in [0.1, 0.15) is 0 Å². The molecule has 1 fully saturated rings. The summed E-state index contributed by atoms with van der Waals surface area (Å²) >= 11 is 0. The van der Waals surface area contributed by atoms with E-state index in [4.69, 9.17) is 0 Å². The number of aliphatic carboxylic acids is 1. The predicted molar refractivity (Wildman–Crippen MR) is 74.0 cm³/mol. The fourth-order valence-corrected chi connectivity index (χ4v) is 2.72. The van der Waals surface area contributed by atoms with E-state index in [1.807, 2.05) is 6.92 Å². The molecule has 0 radical (unpaired) electrons. The minimum absolute atomic E-state index is 0.0870. The number of likely N-dealkylation sites (tertiary alicyclic amines) is 1. The van der Waals surface area contributed by atoms with E-state index in [9.17, 15) is 14.7 Å². The van der Waals surface area contributed by atoms with Crippen molar-refractivity contribution in [1.82, 2.24) is 10.2 Å². The maximum atomic E-state index is 11.9. The predicted octanol–water partition coefficient (Wildman–Crippen LogP) is 1.48. The van der Waals surface area contributed by atoms with Gasteiger partial charge in [-0.2, -0.15) is 0 Å². The van der Waals surface area contributed by atoms with Crippen molar-refractivity contribution in [3.05, 3.63) is 0 Å². The van der Waals surface area contributed by atoms with Gasteiger partial charge in [-0.05, 0) is 32.2 Å². The molecule has 1 amide bonds. The zero-order valence-corrected chi connectivity index (χ0v) is 12.1. The van der Waals surface area contributed by atoms with Crippen molar-refractivity contribution in [3.63, 3.8) is 0 Å². The summed E-state index contributed by atoms with van der Waals surface area (Å²) in [5, 5.41) is 12.5. The molecule has 1 heterocycles. The minimum Gasteiger partial charge on any atom is -0.481 e. The van der Waals surface area contributed by atoms with Gasteiger partial charge in [-0.25, -0.2) is 0 Å². The second-order valence-electron chi connectivity index (χ2n) is 5.39. The molecule has 5 nitrogen and oxygen atoms in total. The number of amides is 1. The van der Waals surface area contributed by atoms with Crippen LogP contribution in [-0.4, -0.2) is 48.1 Å². The molecule has 0 bridgehead atoms. The van der Waals surface area contributed by atoms with Crippen LogP contribution < -0.4 is 5.32 Å². The maximum absolute atomic E-state index is 11.9. The van der Waals surface area contributed by atoms with Crippen molar-refractivity contribution in [2.75, 3.05) is 26.2 Å². The van der Waals surface area contributed by atoms with Crippen LogP contribution in [0.3, 0.4) is 0 Å². The summed E-state index contributed by atoms with van der Waals surface area (Å²) in [6.07, 6.45) is 3.74. The highest BCUT2D eigenvalue weighted by molar-refractivity contribution is 5.79. The van der Waals surface area contributed by atoms with Gasteiger partial charge < -0.3 is 15.3 Å². The second kappa shape index (κ2) is 7.48. The Labute approximate surface area is 115 Å². The van der Waals surface area contributed by atoms with E-state index >= 15 is 0 Å². The van der Waals surface area contributed by atoms with Crippen molar-refractivity contribution in [2.24, 2.45) is 5.41 Å². The summed E-state index contributed by atoms with van der Waals surface area (Å²) < 4.78 is 0. The first kappa shape index (κ1) is 16.0. The number of carboxylic acid groups (broad SMARTS) is 1. The van der Waals surface area contributed by atoms with E-state index in [0.717, 1.165) is 19.4 Å². The Morgan fingerprint density at radius 1 is 1.21 bits per heavy atom. The highest BCUT2D eigenvalue weighted by atomic mass is 16.4. The molecule has 0 atom stereocenters. The number of carboxylic acids is 1. The smallest absolute Gasteiger partial charge is 0.309 e. The molecule has 0 aliphatic carbocycles. The summed E-state index contributed by atoms with van der Waals surface area (Å²) in [5.74, 6) is -0.616. The van der Waals surface area contributed by atoms with Crippen LogP contribution in [0.25, 0.3) is 0 Å². The van der Waals surface area contributed by atoms with Gasteiger partial charge in [-0.15, -0.1) is 0 Å². The first-order valence-electron chi connectivity index (χ1n) is 7.27. The van der Waals surface area contributed by atoms with Gasteiger partial charge in [-0.3, -0.25) is 9.59 Å². The summed E-state index contributed by atoms with van der Waals surface area (Å²) in [7, 11) is 0. The molecule has 0 unspecified atom stereocenters. The van der Waals surface area contributed by atoms with Crippen molar-refractivity contribution in [2.45, 2.75) is 46.0 Å². The number of piperidine rings is 1. The normalized spacial score (nSPS) is 18.3. The van der Waals surface area contributed by atoms with Gasteiger partial charge in [0.25, 0.3) is 0 Å². The van der Waals surface area contributed by atoms with Gasteiger partial charge >= 0.3 is 5.97 Å². The number of rotatable bonds is 7. The number of nitrogens with zero attached hydrogens (tertiary/aromatic N) is 1. The highest BCUT2D eigenvalue weighted by Gasteiger charge is 2.41. The molecule has 0 aromatic carbocycles. The quantitative estimate of drug-likeness (QED) is 0.688. The zero-order valence-electron chi connectivity index (χ0n) is 12.1. The molecule has 5 heteroatoms. The first-order valence-corrected chi connectivity index (χ1v) is 7.27. The van der Waals surface area contributed by atoms with Crippen molar-refractivity contribution in [1.29, 1.82) is 0 Å². The van der Waals surface area contributed by atoms with Crippen LogP contribution in [0.1, 0.15) is 46.0 Å². The molecule has 110 valence electrons. The van der Waals surface area contributed by atoms with Gasteiger partial charge in [0, 0.05) is 13.1 Å². The SMILES string of the molecule is CCCNCC(=O)N1CCC(CCC)(C(=O)O)CC1. The Bertz CT molecular complexity index is 310. The van der Waals surface area contributed by atoms with E-state index in [0.29, 0.717) is 38.9 Å². The van der Waals surface area contributed by atoms with E-state index < -0.39 is 11.4 Å². The van der Waals surface area contributed by atoms with Crippen molar-refractivity contribution < 1.29 is 14.7 Å². The van der Waals surface area contributed by atoms with Gasteiger partial charge in [0.2, 0.25) is 5.91 Å². The average Bonchev–Trinajstić information content (AvgIpc) is 2.40. The molecule has 2 N–H and O–H groups in total. The van der Waals surface area contributed by atoms with Crippen LogP contribution in [0.5, 0.6) is 0 Å². The van der Waals surface area contributed by atoms with Crippen molar-refractivity contribution in [3.8, 4) is 0 Å². The van der Waals surface area contributed by atoms with E-state index in [2.05, 4.69) is 12.2 Å². The molecule has 0 aromatic heterocycles. The summed E-state index contributed by atoms with van der Waals surface area (Å²) in [5.41, 5.74) is -0.609. The number of hydrogen-bond donors (Lipinski definition) is 2. The average molecular weight is 270 g/mol. The Balaban J connectivity index is 2.46. The minimum atomic E-state index is -0.703. The maximum Gasteiger partial charge on any atom is 0.309 e. The number of carbonyl (C=O) groups excluding carboxylic acids is 1. The molecule has 19 heavy (non-hydrogen) atoms. The van der Waals surface area contributed by atoms with E-state index in [1.165, 1.54) is 0 Å². The monoisotopic (exact) mass is 270 g/mol. The van der Waals surface area contributed by atoms with Gasteiger partial charge in [0.15, 0.2) is 0 Å². The Kier molecular flexibility index (Phi) is 6.28. The third-order valence-electron chi connectivity index (χ3n) is 3.96. The molecule has 0 saturated carbocycles. The lowest BCUT2D eigenvalue weighted by Crippen LogP contribution is -2.48. The fourth-order valence-electron chi connectivity index (χ4n) is 2.72. The van der Waals surface area contributed by atoms with Gasteiger partial charge in [0.05, 0.1) is 12.0 Å². The largest absolute Gasteiger partial charge is 0.481 e. The fraction of sp³-hybridized carbons (Fsp3) is 0.857. The zero-order chi connectivity index (χ0) is 14.3. The highest BCUT2D eigenvalue weighted by Crippen LogP contribution is 2.36. The molecule has 1 saturated heterocycles. The molecule has 0 aromatic rings. The van der Waals surface area contributed by atoms with Crippen LogP contribution >= 0.6 is 0 Å². The van der Waals surface area contributed by atoms with Crippen LogP contribution in [0, 0.1) is 5.41 Å². The molecule has 1 aliphatic heterocycles. The van der Waals surface area contributed by atoms with Crippen LogP contribution in [-0.2, 0) is 9.59 Å². The number of carbonyl (C=O) groups is 2. The molecule has 1 aliphatic rings. The standard InChI is InChI=1S/C14H26N2O3/c1-3-5-14(13(18)19)6-9-16(10-7-14)12(17)11-15-8-4-2/h15H,3-11H2,1-2H3,(H,18,19). The second-order valence-corrected chi connectivity index (χ2v) is 5.39.